The van der Waals surface area contributed by atoms with Crippen LogP contribution in [-0.2, 0) is 0 Å². The van der Waals surface area contributed by atoms with E-state index in [4.69, 9.17) is 14.6 Å². The minimum atomic E-state index is -0.474. The van der Waals surface area contributed by atoms with Gasteiger partial charge in [-0.15, -0.1) is 0 Å². The molecule has 4 N–H and O–H groups in total. The monoisotopic (exact) mass is 407 g/mol. The molecule has 8 heteroatoms. The summed E-state index contributed by atoms with van der Waals surface area (Å²) < 4.78 is 11.5. The quantitative estimate of drug-likeness (QED) is 0.478. The van der Waals surface area contributed by atoms with E-state index >= 15 is 0 Å². The summed E-state index contributed by atoms with van der Waals surface area (Å²) in [6, 6.07) is 3.61. The number of β-amino-alcohol motifs (C(OH)–C–C–N with tert-alkyl or cyclic N) is 1. The number of piperidine rings is 1. The Morgan fingerprint density at radius 3 is 2.86 bits per heavy atom. The van der Waals surface area contributed by atoms with Gasteiger partial charge in [-0.3, -0.25) is 4.79 Å². The second kappa shape index (κ2) is 10.7. The van der Waals surface area contributed by atoms with Crippen molar-refractivity contribution in [1.82, 2.24) is 10.2 Å². The third-order valence-corrected chi connectivity index (χ3v) is 5.59. The predicted molar refractivity (Wildman–Crippen MR) is 111 cm³/mol. The highest BCUT2D eigenvalue weighted by Gasteiger charge is 2.28. The molecule has 0 radical (unpaired) electrons. The summed E-state index contributed by atoms with van der Waals surface area (Å²) in [4.78, 5) is 15.1. The number of likely N-dealkylation sites (tertiary alicyclic amines) is 1. The van der Waals surface area contributed by atoms with Crippen LogP contribution in [0.15, 0.2) is 12.1 Å². The van der Waals surface area contributed by atoms with Crippen LogP contribution in [-0.4, -0.2) is 80.2 Å². The Labute approximate surface area is 172 Å². The van der Waals surface area contributed by atoms with Crippen LogP contribution in [0.5, 0.6) is 11.5 Å². The lowest BCUT2D eigenvalue weighted by Crippen LogP contribution is -2.47. The minimum Gasteiger partial charge on any atom is -0.489 e. The SMILES string of the molecule is CNc1cc2c(c(C(=O)NC[C@@H]3CCN(CCCCO)CC3O)c1)OCCCO2. The average Bonchev–Trinajstić information content (AvgIpc) is 2.97. The van der Waals surface area contributed by atoms with Crippen LogP contribution >= 0.6 is 0 Å². The predicted octanol–water partition coefficient (Wildman–Crippen LogP) is 1.07. The van der Waals surface area contributed by atoms with Gasteiger partial charge in [-0.25, -0.2) is 0 Å². The van der Waals surface area contributed by atoms with Gasteiger partial charge in [0.25, 0.3) is 5.91 Å². The van der Waals surface area contributed by atoms with Crippen LogP contribution in [0, 0.1) is 5.92 Å². The van der Waals surface area contributed by atoms with Crippen LogP contribution in [0.4, 0.5) is 5.69 Å². The molecule has 1 saturated heterocycles. The Hall–Kier alpha value is -2.03. The van der Waals surface area contributed by atoms with Gasteiger partial charge < -0.3 is 35.2 Å². The number of unbranched alkanes of at least 4 members (excludes halogenated alkanes) is 1. The van der Waals surface area contributed by atoms with E-state index in [1.807, 2.05) is 6.07 Å². The summed E-state index contributed by atoms with van der Waals surface area (Å²) in [6.45, 7) is 4.08. The maximum atomic E-state index is 12.9. The van der Waals surface area contributed by atoms with E-state index < -0.39 is 6.10 Å². The largest absolute Gasteiger partial charge is 0.489 e. The zero-order valence-corrected chi connectivity index (χ0v) is 17.2. The fourth-order valence-corrected chi connectivity index (χ4v) is 3.84. The van der Waals surface area contributed by atoms with E-state index in [0.29, 0.717) is 43.4 Å². The number of rotatable bonds is 8. The Kier molecular flexibility index (Phi) is 7.97. The summed E-state index contributed by atoms with van der Waals surface area (Å²) in [5, 5.41) is 25.4. The van der Waals surface area contributed by atoms with Crippen molar-refractivity contribution in [2.24, 2.45) is 5.92 Å². The molecule has 1 unspecified atom stereocenters. The molecule has 2 heterocycles. The van der Waals surface area contributed by atoms with Gasteiger partial charge in [0.2, 0.25) is 0 Å². The number of anilines is 1. The zero-order valence-electron chi connectivity index (χ0n) is 17.2. The fourth-order valence-electron chi connectivity index (χ4n) is 3.84. The van der Waals surface area contributed by atoms with Gasteiger partial charge in [0.15, 0.2) is 11.5 Å². The van der Waals surface area contributed by atoms with Crippen LogP contribution in [0.25, 0.3) is 0 Å². The van der Waals surface area contributed by atoms with Gasteiger partial charge in [-0.2, -0.15) is 0 Å². The van der Waals surface area contributed by atoms with E-state index in [0.717, 1.165) is 44.5 Å². The van der Waals surface area contributed by atoms with E-state index in [1.54, 1.807) is 13.1 Å². The number of carbonyl (C=O) groups excluding carboxylic acids is 1. The van der Waals surface area contributed by atoms with Crippen LogP contribution in [0.2, 0.25) is 0 Å². The topological polar surface area (TPSA) is 103 Å². The number of fused-ring (bicyclic) bond motifs is 1. The smallest absolute Gasteiger partial charge is 0.255 e. The number of amides is 1. The molecule has 0 spiro atoms. The summed E-state index contributed by atoms with van der Waals surface area (Å²) in [5.41, 5.74) is 1.24. The molecule has 1 aromatic rings. The molecule has 3 rings (SSSR count). The molecular formula is C21H33N3O5. The molecule has 1 fully saturated rings. The highest BCUT2D eigenvalue weighted by Crippen LogP contribution is 2.36. The van der Waals surface area contributed by atoms with Gasteiger partial charge in [0.05, 0.1) is 24.9 Å². The van der Waals surface area contributed by atoms with Crippen molar-refractivity contribution in [1.29, 1.82) is 0 Å². The van der Waals surface area contributed by atoms with E-state index in [-0.39, 0.29) is 18.4 Å². The zero-order chi connectivity index (χ0) is 20.6. The average molecular weight is 408 g/mol. The van der Waals surface area contributed by atoms with Crippen LogP contribution in [0.1, 0.15) is 36.0 Å². The van der Waals surface area contributed by atoms with E-state index in [2.05, 4.69) is 15.5 Å². The Bertz CT molecular complexity index is 685. The molecular weight excluding hydrogens is 374 g/mol. The van der Waals surface area contributed by atoms with Gasteiger partial charge in [-0.05, 0) is 38.4 Å². The lowest BCUT2D eigenvalue weighted by Gasteiger charge is -2.36. The summed E-state index contributed by atoms with van der Waals surface area (Å²) >= 11 is 0. The number of nitrogens with zero attached hydrogens (tertiary/aromatic N) is 1. The molecule has 0 aromatic heterocycles. The number of carbonyl (C=O) groups is 1. The van der Waals surface area contributed by atoms with Gasteiger partial charge in [0.1, 0.15) is 0 Å². The molecule has 2 aliphatic heterocycles. The number of aliphatic hydroxyl groups is 2. The molecule has 1 aromatic carbocycles. The van der Waals surface area contributed by atoms with E-state index in [1.165, 1.54) is 0 Å². The van der Waals surface area contributed by atoms with Crippen molar-refractivity contribution < 1.29 is 24.5 Å². The van der Waals surface area contributed by atoms with Gasteiger partial charge >= 0.3 is 0 Å². The number of hydrogen-bond acceptors (Lipinski definition) is 7. The Balaban J connectivity index is 1.58. The molecule has 29 heavy (non-hydrogen) atoms. The lowest BCUT2D eigenvalue weighted by atomic mass is 9.93. The lowest BCUT2D eigenvalue weighted by molar-refractivity contribution is 0.0212. The van der Waals surface area contributed by atoms with Crippen molar-refractivity contribution in [2.45, 2.75) is 31.8 Å². The summed E-state index contributed by atoms with van der Waals surface area (Å²) in [6.07, 6.45) is 2.84. The van der Waals surface area contributed by atoms with Crippen molar-refractivity contribution in [3.8, 4) is 11.5 Å². The van der Waals surface area contributed by atoms with Crippen molar-refractivity contribution in [2.75, 3.05) is 58.4 Å². The Morgan fingerprint density at radius 2 is 2.10 bits per heavy atom. The molecule has 162 valence electrons. The normalized spacial score (nSPS) is 22.0. The molecule has 2 aliphatic rings. The van der Waals surface area contributed by atoms with E-state index in [9.17, 15) is 9.90 Å². The first-order chi connectivity index (χ1) is 14.1. The van der Waals surface area contributed by atoms with Gasteiger partial charge in [0, 0.05) is 50.8 Å². The molecule has 0 saturated carbocycles. The maximum absolute atomic E-state index is 12.9. The van der Waals surface area contributed by atoms with Crippen molar-refractivity contribution >= 4 is 11.6 Å². The number of hydrogen-bond donors (Lipinski definition) is 4. The molecule has 0 bridgehead atoms. The summed E-state index contributed by atoms with van der Waals surface area (Å²) in [5.74, 6) is 0.867. The summed E-state index contributed by atoms with van der Waals surface area (Å²) in [7, 11) is 1.80. The highest BCUT2D eigenvalue weighted by atomic mass is 16.5. The second-order valence-corrected chi connectivity index (χ2v) is 7.71. The van der Waals surface area contributed by atoms with Crippen molar-refractivity contribution in [3.63, 3.8) is 0 Å². The minimum absolute atomic E-state index is 0.0243. The standard InChI is InChI=1S/C21H33N3O5/c1-22-16-11-17(20-19(12-16)28-9-4-10-29-20)21(27)23-13-15-5-7-24(14-18(15)26)6-2-3-8-25/h11-12,15,18,22,25-26H,2-10,13-14H2,1H3,(H,23,27)/t15-,18?/m0/s1. The first kappa shape index (κ1) is 21.7. The fraction of sp³-hybridized carbons (Fsp3) is 0.667. The van der Waals surface area contributed by atoms with Crippen molar-refractivity contribution in [3.05, 3.63) is 17.7 Å². The molecule has 2 atom stereocenters. The second-order valence-electron chi connectivity index (χ2n) is 7.71. The number of nitrogens with one attached hydrogen (secondary N) is 2. The third kappa shape index (κ3) is 5.74. The third-order valence-electron chi connectivity index (χ3n) is 5.59. The van der Waals surface area contributed by atoms with Crippen LogP contribution in [0.3, 0.4) is 0 Å². The highest BCUT2D eigenvalue weighted by molar-refractivity contribution is 5.99. The maximum Gasteiger partial charge on any atom is 0.255 e. The number of ether oxygens (including phenoxy) is 2. The number of aliphatic hydroxyl groups excluding tert-OH is 2. The first-order valence-corrected chi connectivity index (χ1v) is 10.5. The first-order valence-electron chi connectivity index (χ1n) is 10.5. The molecule has 1 amide bonds. The molecule has 0 aliphatic carbocycles. The number of benzene rings is 1. The molecule has 8 nitrogen and oxygen atoms in total. The van der Waals surface area contributed by atoms with Crippen LogP contribution < -0.4 is 20.1 Å². The van der Waals surface area contributed by atoms with Gasteiger partial charge in [-0.1, -0.05) is 0 Å². The Morgan fingerprint density at radius 1 is 1.28 bits per heavy atom.